The summed E-state index contributed by atoms with van der Waals surface area (Å²) < 4.78 is 0. The molecule has 0 radical (unpaired) electrons. The van der Waals surface area contributed by atoms with Gasteiger partial charge in [0.05, 0.1) is 5.56 Å². The topological polar surface area (TPSA) is 54.0 Å². The minimum atomic E-state index is -0.106. The number of anilines is 1. The minimum Gasteiger partial charge on any atom is -0.370 e. The molecular formula is C13H15N3OS. The summed E-state index contributed by atoms with van der Waals surface area (Å²) in [6, 6.07) is 5.54. The fraction of sp³-hybridized carbons (Fsp3) is 0.231. The number of rotatable bonds is 5. The second kappa shape index (κ2) is 6.16. The van der Waals surface area contributed by atoms with E-state index in [9.17, 15) is 4.79 Å². The highest BCUT2D eigenvalue weighted by molar-refractivity contribution is 7.07. The fourth-order valence-corrected chi connectivity index (χ4v) is 2.24. The summed E-state index contributed by atoms with van der Waals surface area (Å²) in [5, 5.41) is 9.99. The number of hydrogen-bond donors (Lipinski definition) is 2. The summed E-state index contributed by atoms with van der Waals surface area (Å²) in [4.78, 5) is 16.2. The van der Waals surface area contributed by atoms with E-state index in [4.69, 9.17) is 0 Å². The van der Waals surface area contributed by atoms with Gasteiger partial charge in [-0.15, -0.1) is 0 Å². The van der Waals surface area contributed by atoms with Crippen LogP contribution in [0.25, 0.3) is 0 Å². The van der Waals surface area contributed by atoms with E-state index >= 15 is 0 Å². The van der Waals surface area contributed by atoms with E-state index < -0.39 is 0 Å². The van der Waals surface area contributed by atoms with Gasteiger partial charge in [-0.2, -0.15) is 11.3 Å². The van der Waals surface area contributed by atoms with Crippen LogP contribution in [0.15, 0.2) is 35.2 Å². The average Bonchev–Trinajstić information content (AvgIpc) is 2.90. The molecule has 0 aliphatic carbocycles. The van der Waals surface area contributed by atoms with Crippen LogP contribution in [-0.4, -0.2) is 17.4 Å². The van der Waals surface area contributed by atoms with Crippen LogP contribution in [0, 0.1) is 0 Å². The first-order chi connectivity index (χ1) is 8.81. The van der Waals surface area contributed by atoms with E-state index in [1.54, 1.807) is 29.7 Å². The molecule has 0 atom stereocenters. The van der Waals surface area contributed by atoms with Crippen LogP contribution in [0.2, 0.25) is 0 Å². The van der Waals surface area contributed by atoms with E-state index in [1.165, 1.54) is 0 Å². The molecule has 0 fully saturated rings. The Hall–Kier alpha value is -1.88. The number of aromatic nitrogens is 1. The van der Waals surface area contributed by atoms with E-state index in [0.717, 1.165) is 12.1 Å². The molecule has 0 bridgehead atoms. The molecule has 0 saturated heterocycles. The molecule has 4 nitrogen and oxygen atoms in total. The SMILES string of the molecule is CCNc1ncccc1C(=O)NCc1ccsc1. The van der Waals surface area contributed by atoms with Gasteiger partial charge in [0.15, 0.2) is 0 Å². The largest absolute Gasteiger partial charge is 0.370 e. The smallest absolute Gasteiger partial charge is 0.255 e. The number of pyridine rings is 1. The fourth-order valence-electron chi connectivity index (χ4n) is 1.57. The molecule has 2 rings (SSSR count). The van der Waals surface area contributed by atoms with Crippen molar-refractivity contribution in [2.24, 2.45) is 0 Å². The molecule has 18 heavy (non-hydrogen) atoms. The number of nitrogens with zero attached hydrogens (tertiary/aromatic N) is 1. The van der Waals surface area contributed by atoms with Gasteiger partial charge in [0.25, 0.3) is 5.91 Å². The molecule has 2 aromatic rings. The van der Waals surface area contributed by atoms with Crippen molar-refractivity contribution in [2.75, 3.05) is 11.9 Å². The quantitative estimate of drug-likeness (QED) is 0.869. The Morgan fingerprint density at radius 3 is 3.06 bits per heavy atom. The van der Waals surface area contributed by atoms with Crippen LogP contribution in [0.5, 0.6) is 0 Å². The van der Waals surface area contributed by atoms with Crippen molar-refractivity contribution in [3.8, 4) is 0 Å². The van der Waals surface area contributed by atoms with Gasteiger partial charge in [-0.05, 0) is 41.4 Å². The first kappa shape index (κ1) is 12.6. The lowest BCUT2D eigenvalue weighted by Gasteiger charge is -2.09. The molecule has 2 N–H and O–H groups in total. The number of carbonyl (C=O) groups excluding carboxylic acids is 1. The zero-order valence-corrected chi connectivity index (χ0v) is 11.0. The Morgan fingerprint density at radius 1 is 1.44 bits per heavy atom. The van der Waals surface area contributed by atoms with Crippen LogP contribution >= 0.6 is 11.3 Å². The van der Waals surface area contributed by atoms with Crippen LogP contribution in [0.1, 0.15) is 22.8 Å². The van der Waals surface area contributed by atoms with Crippen molar-refractivity contribution >= 4 is 23.1 Å². The highest BCUT2D eigenvalue weighted by atomic mass is 32.1. The predicted octanol–water partition coefficient (Wildman–Crippen LogP) is 2.50. The highest BCUT2D eigenvalue weighted by Crippen LogP contribution is 2.11. The van der Waals surface area contributed by atoms with Gasteiger partial charge in [0.2, 0.25) is 0 Å². The second-order valence-corrected chi connectivity index (χ2v) is 4.52. The summed E-state index contributed by atoms with van der Waals surface area (Å²) in [6.07, 6.45) is 1.67. The Balaban J connectivity index is 2.04. The maximum absolute atomic E-state index is 12.0. The van der Waals surface area contributed by atoms with Crippen LogP contribution in [0.3, 0.4) is 0 Å². The van der Waals surface area contributed by atoms with Gasteiger partial charge in [-0.25, -0.2) is 4.98 Å². The highest BCUT2D eigenvalue weighted by Gasteiger charge is 2.11. The molecule has 0 aliphatic heterocycles. The third-order valence-electron chi connectivity index (χ3n) is 2.43. The van der Waals surface area contributed by atoms with E-state index in [1.807, 2.05) is 23.8 Å². The summed E-state index contributed by atoms with van der Waals surface area (Å²) in [5.74, 6) is 0.521. The van der Waals surface area contributed by atoms with Crippen LogP contribution < -0.4 is 10.6 Å². The third kappa shape index (κ3) is 3.07. The second-order valence-electron chi connectivity index (χ2n) is 3.74. The number of carbonyl (C=O) groups is 1. The first-order valence-electron chi connectivity index (χ1n) is 5.79. The zero-order chi connectivity index (χ0) is 12.8. The first-order valence-corrected chi connectivity index (χ1v) is 6.73. The number of nitrogens with one attached hydrogen (secondary N) is 2. The van der Waals surface area contributed by atoms with Crippen molar-refractivity contribution in [1.82, 2.24) is 10.3 Å². The maximum Gasteiger partial charge on any atom is 0.255 e. The number of amides is 1. The normalized spacial score (nSPS) is 10.1. The predicted molar refractivity (Wildman–Crippen MR) is 73.9 cm³/mol. The number of hydrogen-bond acceptors (Lipinski definition) is 4. The van der Waals surface area contributed by atoms with Gasteiger partial charge >= 0.3 is 0 Å². The van der Waals surface area contributed by atoms with Crippen LogP contribution in [0.4, 0.5) is 5.82 Å². The van der Waals surface area contributed by atoms with Gasteiger partial charge in [-0.3, -0.25) is 4.79 Å². The lowest BCUT2D eigenvalue weighted by molar-refractivity contribution is 0.0951. The minimum absolute atomic E-state index is 0.106. The molecule has 94 valence electrons. The molecule has 0 spiro atoms. The molecule has 0 aliphatic rings. The maximum atomic E-state index is 12.0. The molecule has 0 unspecified atom stereocenters. The monoisotopic (exact) mass is 261 g/mol. The molecule has 0 saturated carbocycles. The summed E-state index contributed by atoms with van der Waals surface area (Å²) >= 11 is 1.62. The summed E-state index contributed by atoms with van der Waals surface area (Å²) in [5.41, 5.74) is 1.69. The van der Waals surface area contributed by atoms with Crippen molar-refractivity contribution in [3.05, 3.63) is 46.3 Å². The molecule has 1 amide bonds. The third-order valence-corrected chi connectivity index (χ3v) is 3.16. The van der Waals surface area contributed by atoms with Gasteiger partial charge in [0, 0.05) is 19.3 Å². The standard InChI is InChI=1S/C13H15N3OS/c1-2-14-12-11(4-3-6-15-12)13(17)16-8-10-5-7-18-9-10/h3-7,9H,2,8H2,1H3,(H,14,15)(H,16,17). The van der Waals surface area contributed by atoms with Crippen molar-refractivity contribution in [1.29, 1.82) is 0 Å². The Kier molecular flexibility index (Phi) is 4.30. The van der Waals surface area contributed by atoms with Gasteiger partial charge in [-0.1, -0.05) is 0 Å². The van der Waals surface area contributed by atoms with Crippen molar-refractivity contribution in [2.45, 2.75) is 13.5 Å². The van der Waals surface area contributed by atoms with Gasteiger partial charge in [0.1, 0.15) is 5.82 Å². The van der Waals surface area contributed by atoms with Crippen molar-refractivity contribution in [3.63, 3.8) is 0 Å². The van der Waals surface area contributed by atoms with E-state index in [0.29, 0.717) is 17.9 Å². The molecule has 5 heteroatoms. The molecule has 2 heterocycles. The Morgan fingerprint density at radius 2 is 2.33 bits per heavy atom. The Bertz CT molecular complexity index is 511. The van der Waals surface area contributed by atoms with E-state index in [-0.39, 0.29) is 5.91 Å². The van der Waals surface area contributed by atoms with E-state index in [2.05, 4.69) is 15.6 Å². The molecule has 2 aromatic heterocycles. The Labute approximate surface area is 110 Å². The van der Waals surface area contributed by atoms with Crippen LogP contribution in [-0.2, 0) is 6.54 Å². The lowest BCUT2D eigenvalue weighted by Crippen LogP contribution is -2.24. The summed E-state index contributed by atoms with van der Waals surface area (Å²) in [7, 11) is 0. The lowest BCUT2D eigenvalue weighted by atomic mass is 10.2. The molecule has 0 aromatic carbocycles. The van der Waals surface area contributed by atoms with Crippen molar-refractivity contribution < 1.29 is 4.79 Å². The number of thiophene rings is 1. The average molecular weight is 261 g/mol. The zero-order valence-electron chi connectivity index (χ0n) is 10.1. The summed E-state index contributed by atoms with van der Waals surface area (Å²) in [6.45, 7) is 3.26. The molecular weight excluding hydrogens is 246 g/mol. The van der Waals surface area contributed by atoms with Gasteiger partial charge < -0.3 is 10.6 Å².